The Morgan fingerprint density at radius 2 is 2.31 bits per heavy atom. The molecular formula is C12H17ClN2O. The van der Waals surface area contributed by atoms with E-state index in [1.807, 2.05) is 19.1 Å². The summed E-state index contributed by atoms with van der Waals surface area (Å²) in [5.74, 6) is 0.761. The molecule has 88 valence electrons. The van der Waals surface area contributed by atoms with E-state index >= 15 is 0 Å². The molecule has 1 heterocycles. The zero-order valence-corrected chi connectivity index (χ0v) is 10.2. The molecule has 1 saturated heterocycles. The first-order valence-corrected chi connectivity index (χ1v) is 6.05. The second kappa shape index (κ2) is 5.53. The van der Waals surface area contributed by atoms with Crippen LogP contribution in [0.5, 0.6) is 5.75 Å². The first-order chi connectivity index (χ1) is 7.81. The van der Waals surface area contributed by atoms with E-state index in [9.17, 15) is 0 Å². The third-order valence-corrected chi connectivity index (χ3v) is 2.99. The van der Waals surface area contributed by atoms with Gasteiger partial charge in [0.25, 0.3) is 0 Å². The SMILES string of the molecule is CCOc1ccc(C2CNCCN2)cc1Cl. The van der Waals surface area contributed by atoms with Crippen LogP contribution in [0.1, 0.15) is 18.5 Å². The summed E-state index contributed by atoms with van der Waals surface area (Å²) < 4.78 is 5.41. The van der Waals surface area contributed by atoms with Crippen molar-refractivity contribution >= 4 is 11.6 Å². The first kappa shape index (κ1) is 11.7. The van der Waals surface area contributed by atoms with Crippen LogP contribution in [0.3, 0.4) is 0 Å². The number of benzene rings is 1. The van der Waals surface area contributed by atoms with Crippen molar-refractivity contribution in [1.82, 2.24) is 10.6 Å². The average Bonchev–Trinajstić information content (AvgIpc) is 2.33. The summed E-state index contributed by atoms with van der Waals surface area (Å²) >= 11 is 6.15. The molecule has 1 fully saturated rings. The molecule has 16 heavy (non-hydrogen) atoms. The third-order valence-electron chi connectivity index (χ3n) is 2.70. The quantitative estimate of drug-likeness (QED) is 0.848. The fourth-order valence-electron chi connectivity index (χ4n) is 1.90. The van der Waals surface area contributed by atoms with Crippen molar-refractivity contribution in [3.63, 3.8) is 0 Å². The van der Waals surface area contributed by atoms with Gasteiger partial charge < -0.3 is 15.4 Å². The number of ether oxygens (including phenoxy) is 1. The summed E-state index contributed by atoms with van der Waals surface area (Å²) in [6.45, 7) is 5.57. The highest BCUT2D eigenvalue weighted by molar-refractivity contribution is 6.32. The van der Waals surface area contributed by atoms with E-state index in [-0.39, 0.29) is 0 Å². The molecule has 3 nitrogen and oxygen atoms in total. The lowest BCUT2D eigenvalue weighted by Gasteiger charge is -2.25. The molecule has 1 unspecified atom stereocenters. The van der Waals surface area contributed by atoms with Gasteiger partial charge in [-0.05, 0) is 24.6 Å². The zero-order valence-electron chi connectivity index (χ0n) is 9.42. The van der Waals surface area contributed by atoms with Crippen molar-refractivity contribution in [3.05, 3.63) is 28.8 Å². The molecule has 0 aliphatic carbocycles. The van der Waals surface area contributed by atoms with E-state index in [2.05, 4.69) is 16.7 Å². The lowest BCUT2D eigenvalue weighted by atomic mass is 10.1. The van der Waals surface area contributed by atoms with E-state index in [1.54, 1.807) is 0 Å². The Bertz CT molecular complexity index is 351. The summed E-state index contributed by atoms with van der Waals surface area (Å²) in [7, 11) is 0. The predicted octanol–water partition coefficient (Wildman–Crippen LogP) is 1.97. The number of rotatable bonds is 3. The van der Waals surface area contributed by atoms with Gasteiger partial charge in [-0.2, -0.15) is 0 Å². The lowest BCUT2D eigenvalue weighted by Crippen LogP contribution is -2.42. The molecule has 2 N–H and O–H groups in total. The Morgan fingerprint density at radius 3 is 2.94 bits per heavy atom. The minimum Gasteiger partial charge on any atom is -0.492 e. The van der Waals surface area contributed by atoms with Crippen molar-refractivity contribution in [2.24, 2.45) is 0 Å². The molecule has 1 aliphatic heterocycles. The maximum atomic E-state index is 6.15. The van der Waals surface area contributed by atoms with Crippen LogP contribution in [-0.2, 0) is 0 Å². The highest BCUT2D eigenvalue weighted by Crippen LogP contribution is 2.28. The molecule has 0 amide bonds. The van der Waals surface area contributed by atoms with Gasteiger partial charge in [0.1, 0.15) is 5.75 Å². The Labute approximate surface area is 101 Å². The Morgan fingerprint density at radius 1 is 1.44 bits per heavy atom. The van der Waals surface area contributed by atoms with Gasteiger partial charge in [-0.25, -0.2) is 0 Å². The average molecular weight is 241 g/mol. The number of hydrogen-bond donors (Lipinski definition) is 2. The van der Waals surface area contributed by atoms with Gasteiger partial charge in [0.05, 0.1) is 11.6 Å². The van der Waals surface area contributed by atoms with E-state index in [0.29, 0.717) is 17.7 Å². The molecule has 0 radical (unpaired) electrons. The Kier molecular flexibility index (Phi) is 4.04. The van der Waals surface area contributed by atoms with Crippen molar-refractivity contribution in [2.75, 3.05) is 26.2 Å². The second-order valence-corrected chi connectivity index (χ2v) is 4.24. The van der Waals surface area contributed by atoms with Crippen LogP contribution in [0.2, 0.25) is 5.02 Å². The lowest BCUT2D eigenvalue weighted by molar-refractivity contribution is 0.340. The maximum Gasteiger partial charge on any atom is 0.137 e. The fraction of sp³-hybridized carbons (Fsp3) is 0.500. The minimum absolute atomic E-state index is 0.349. The maximum absolute atomic E-state index is 6.15. The van der Waals surface area contributed by atoms with Crippen LogP contribution in [0.15, 0.2) is 18.2 Å². The molecule has 4 heteroatoms. The van der Waals surface area contributed by atoms with Gasteiger partial charge in [-0.1, -0.05) is 17.7 Å². The molecule has 1 aliphatic rings. The van der Waals surface area contributed by atoms with E-state index in [1.165, 1.54) is 5.56 Å². The third kappa shape index (κ3) is 2.67. The van der Waals surface area contributed by atoms with E-state index in [4.69, 9.17) is 16.3 Å². The monoisotopic (exact) mass is 240 g/mol. The normalized spacial score (nSPS) is 20.8. The molecule has 0 saturated carbocycles. The van der Waals surface area contributed by atoms with Gasteiger partial charge in [0, 0.05) is 25.7 Å². The van der Waals surface area contributed by atoms with Crippen LogP contribution in [0.25, 0.3) is 0 Å². The summed E-state index contributed by atoms with van der Waals surface area (Å²) in [5, 5.41) is 7.49. The van der Waals surface area contributed by atoms with Crippen LogP contribution in [0.4, 0.5) is 0 Å². The van der Waals surface area contributed by atoms with Crippen LogP contribution < -0.4 is 15.4 Å². The molecule has 1 atom stereocenters. The molecule has 0 bridgehead atoms. The second-order valence-electron chi connectivity index (χ2n) is 3.83. The number of piperazine rings is 1. The number of halogens is 1. The molecule has 0 spiro atoms. The Hall–Kier alpha value is -0.770. The highest BCUT2D eigenvalue weighted by atomic mass is 35.5. The molecule has 2 rings (SSSR count). The zero-order chi connectivity index (χ0) is 11.4. The fourth-order valence-corrected chi connectivity index (χ4v) is 2.14. The van der Waals surface area contributed by atoms with Crippen LogP contribution in [0, 0.1) is 0 Å². The van der Waals surface area contributed by atoms with Gasteiger partial charge in [-0.15, -0.1) is 0 Å². The summed E-state index contributed by atoms with van der Waals surface area (Å²) in [4.78, 5) is 0. The molecule has 0 aromatic heterocycles. The predicted molar refractivity (Wildman–Crippen MR) is 66.2 cm³/mol. The standard InChI is InChI=1S/C12H17ClN2O/c1-2-16-12-4-3-9(7-10(12)13)11-8-14-5-6-15-11/h3-4,7,11,14-15H,2,5-6,8H2,1H3. The van der Waals surface area contributed by atoms with E-state index in [0.717, 1.165) is 25.4 Å². The van der Waals surface area contributed by atoms with Crippen molar-refractivity contribution < 1.29 is 4.74 Å². The van der Waals surface area contributed by atoms with Crippen LogP contribution >= 0.6 is 11.6 Å². The summed E-state index contributed by atoms with van der Waals surface area (Å²) in [6, 6.07) is 6.35. The minimum atomic E-state index is 0.349. The van der Waals surface area contributed by atoms with Crippen molar-refractivity contribution in [3.8, 4) is 5.75 Å². The van der Waals surface area contributed by atoms with Crippen molar-refractivity contribution in [1.29, 1.82) is 0 Å². The highest BCUT2D eigenvalue weighted by Gasteiger charge is 2.15. The van der Waals surface area contributed by atoms with Crippen LogP contribution in [-0.4, -0.2) is 26.2 Å². The number of hydrogen-bond acceptors (Lipinski definition) is 3. The first-order valence-electron chi connectivity index (χ1n) is 5.67. The van der Waals surface area contributed by atoms with E-state index < -0.39 is 0 Å². The van der Waals surface area contributed by atoms with Gasteiger partial charge >= 0.3 is 0 Å². The van der Waals surface area contributed by atoms with Crippen molar-refractivity contribution in [2.45, 2.75) is 13.0 Å². The summed E-state index contributed by atoms with van der Waals surface area (Å²) in [5.41, 5.74) is 1.21. The van der Waals surface area contributed by atoms with Gasteiger partial charge in [0.15, 0.2) is 0 Å². The molecular weight excluding hydrogens is 224 g/mol. The van der Waals surface area contributed by atoms with Gasteiger partial charge in [0.2, 0.25) is 0 Å². The Balaban J connectivity index is 2.13. The number of nitrogens with one attached hydrogen (secondary N) is 2. The van der Waals surface area contributed by atoms with Gasteiger partial charge in [-0.3, -0.25) is 0 Å². The summed E-state index contributed by atoms with van der Waals surface area (Å²) in [6.07, 6.45) is 0. The largest absolute Gasteiger partial charge is 0.492 e. The molecule has 1 aromatic rings. The smallest absolute Gasteiger partial charge is 0.137 e. The topological polar surface area (TPSA) is 33.3 Å². The molecule has 1 aromatic carbocycles.